The van der Waals surface area contributed by atoms with E-state index in [-0.39, 0.29) is 5.70 Å². The molecule has 6 heteroatoms. The van der Waals surface area contributed by atoms with Crippen LogP contribution in [0, 0.1) is 6.92 Å². The lowest BCUT2D eigenvalue weighted by Gasteiger charge is -2.11. The van der Waals surface area contributed by atoms with Crippen molar-refractivity contribution in [2.45, 2.75) is 6.92 Å². The second kappa shape index (κ2) is 9.62. The van der Waals surface area contributed by atoms with Gasteiger partial charge in [-0.05, 0) is 61.0 Å². The van der Waals surface area contributed by atoms with Gasteiger partial charge in [-0.25, -0.2) is 9.79 Å². The van der Waals surface area contributed by atoms with Crippen LogP contribution in [0.3, 0.4) is 0 Å². The maximum absolute atomic E-state index is 12.3. The molecule has 0 atom stereocenters. The van der Waals surface area contributed by atoms with E-state index < -0.39 is 5.97 Å². The highest BCUT2D eigenvalue weighted by Crippen LogP contribution is 2.28. The summed E-state index contributed by atoms with van der Waals surface area (Å²) in [6.45, 7) is 2.77. The Kier molecular flexibility index (Phi) is 6.48. The fourth-order valence-electron chi connectivity index (χ4n) is 3.04. The Hall–Kier alpha value is -3.38. The highest BCUT2D eigenvalue weighted by Gasteiger charge is 2.24. The van der Waals surface area contributed by atoms with Gasteiger partial charge in [0.2, 0.25) is 5.90 Å². The molecule has 0 aliphatic carbocycles. The number of benzene rings is 3. The van der Waals surface area contributed by atoms with Gasteiger partial charge in [0, 0.05) is 15.6 Å². The summed E-state index contributed by atoms with van der Waals surface area (Å²) in [6.07, 6.45) is 1.67. The number of rotatable bonds is 7. The summed E-state index contributed by atoms with van der Waals surface area (Å²) in [5.41, 5.74) is 2.82. The Morgan fingerprint density at radius 3 is 2.58 bits per heavy atom. The number of esters is 1. The minimum absolute atomic E-state index is 0.220. The van der Waals surface area contributed by atoms with Crippen LogP contribution in [0.25, 0.3) is 6.08 Å². The van der Waals surface area contributed by atoms with Crippen LogP contribution in [0.1, 0.15) is 16.7 Å². The van der Waals surface area contributed by atoms with Crippen LogP contribution in [0.5, 0.6) is 11.5 Å². The van der Waals surface area contributed by atoms with Crippen LogP contribution in [-0.2, 0) is 9.53 Å². The first kappa shape index (κ1) is 20.9. The highest BCUT2D eigenvalue weighted by molar-refractivity contribution is 9.10. The number of hydrogen-bond acceptors (Lipinski definition) is 5. The fraction of sp³-hybridized carbons (Fsp3) is 0.120. The molecule has 4 rings (SSSR count). The van der Waals surface area contributed by atoms with Gasteiger partial charge in [0.1, 0.15) is 24.7 Å². The first-order valence-electron chi connectivity index (χ1n) is 9.78. The lowest BCUT2D eigenvalue weighted by atomic mass is 10.1. The van der Waals surface area contributed by atoms with Crippen LogP contribution < -0.4 is 9.47 Å². The average Bonchev–Trinajstić information content (AvgIpc) is 3.13. The molecule has 0 saturated carbocycles. The van der Waals surface area contributed by atoms with Crippen molar-refractivity contribution in [3.63, 3.8) is 0 Å². The third kappa shape index (κ3) is 5.41. The molecule has 1 aliphatic rings. The Bertz CT molecular complexity index is 1160. The maximum atomic E-state index is 12.3. The minimum Gasteiger partial charge on any atom is -0.490 e. The van der Waals surface area contributed by atoms with Crippen molar-refractivity contribution in [1.29, 1.82) is 0 Å². The predicted molar refractivity (Wildman–Crippen MR) is 123 cm³/mol. The van der Waals surface area contributed by atoms with Crippen molar-refractivity contribution < 1.29 is 19.0 Å². The molecule has 3 aromatic rings. The van der Waals surface area contributed by atoms with E-state index in [1.165, 1.54) is 0 Å². The number of aliphatic imine (C=N–C) groups is 1. The number of carbonyl (C=O) groups is 1. The number of halogens is 1. The SMILES string of the molecule is Cc1cccc(OCCOc2ccc(Br)cc2/C=C2/N=C(c3ccccc3)OC2=O)c1. The Morgan fingerprint density at radius 2 is 1.77 bits per heavy atom. The zero-order valence-electron chi connectivity index (χ0n) is 16.9. The molecule has 0 N–H and O–H groups in total. The minimum atomic E-state index is -0.493. The quantitative estimate of drug-likeness (QED) is 0.254. The molecule has 3 aromatic carbocycles. The number of cyclic esters (lactones) is 1. The van der Waals surface area contributed by atoms with Crippen LogP contribution in [0.4, 0.5) is 0 Å². The van der Waals surface area contributed by atoms with Crippen LogP contribution >= 0.6 is 15.9 Å². The van der Waals surface area contributed by atoms with Crippen molar-refractivity contribution in [3.8, 4) is 11.5 Å². The van der Waals surface area contributed by atoms with Gasteiger partial charge in [0.05, 0.1) is 0 Å². The topological polar surface area (TPSA) is 57.1 Å². The number of carbonyl (C=O) groups excluding carboxylic acids is 1. The van der Waals surface area contributed by atoms with E-state index in [4.69, 9.17) is 14.2 Å². The molecule has 1 heterocycles. The number of aryl methyl sites for hydroxylation is 1. The largest absolute Gasteiger partial charge is 0.490 e. The Morgan fingerprint density at radius 1 is 0.968 bits per heavy atom. The van der Waals surface area contributed by atoms with E-state index in [1.54, 1.807) is 6.08 Å². The second-order valence-electron chi connectivity index (χ2n) is 6.90. The van der Waals surface area contributed by atoms with E-state index in [2.05, 4.69) is 20.9 Å². The smallest absolute Gasteiger partial charge is 0.363 e. The zero-order chi connectivity index (χ0) is 21.6. The van der Waals surface area contributed by atoms with Gasteiger partial charge in [0.15, 0.2) is 5.70 Å². The number of ether oxygens (including phenoxy) is 3. The molecule has 0 amide bonds. The van der Waals surface area contributed by atoms with Crippen molar-refractivity contribution in [1.82, 2.24) is 0 Å². The molecule has 156 valence electrons. The van der Waals surface area contributed by atoms with Crippen molar-refractivity contribution in [3.05, 3.63) is 99.7 Å². The Labute approximate surface area is 189 Å². The third-order valence-corrected chi connectivity index (χ3v) is 5.00. The van der Waals surface area contributed by atoms with Crippen molar-refractivity contribution >= 4 is 33.9 Å². The molecule has 0 spiro atoms. The zero-order valence-corrected chi connectivity index (χ0v) is 18.5. The molecule has 5 nitrogen and oxygen atoms in total. The summed E-state index contributed by atoms with van der Waals surface area (Å²) in [6, 6.07) is 22.8. The van der Waals surface area contributed by atoms with Crippen LogP contribution in [0.2, 0.25) is 0 Å². The van der Waals surface area contributed by atoms with Gasteiger partial charge in [-0.1, -0.05) is 46.3 Å². The molecule has 1 aliphatic heterocycles. The van der Waals surface area contributed by atoms with E-state index in [1.807, 2.05) is 79.7 Å². The van der Waals surface area contributed by atoms with Gasteiger partial charge < -0.3 is 14.2 Å². The molecule has 0 saturated heterocycles. The lowest BCUT2D eigenvalue weighted by Crippen LogP contribution is -2.09. The highest BCUT2D eigenvalue weighted by atomic mass is 79.9. The summed E-state index contributed by atoms with van der Waals surface area (Å²) >= 11 is 3.47. The first-order chi connectivity index (χ1) is 15.1. The first-order valence-corrected chi connectivity index (χ1v) is 10.6. The summed E-state index contributed by atoms with van der Waals surface area (Å²) in [5.74, 6) is 1.23. The third-order valence-electron chi connectivity index (χ3n) is 4.50. The predicted octanol–water partition coefficient (Wildman–Crippen LogP) is 5.56. The Balaban J connectivity index is 1.48. The van der Waals surface area contributed by atoms with Gasteiger partial charge in [-0.3, -0.25) is 0 Å². The molecule has 0 bridgehead atoms. The number of nitrogens with zero attached hydrogens (tertiary/aromatic N) is 1. The molecule has 0 unspecified atom stereocenters. The van der Waals surface area contributed by atoms with Gasteiger partial charge in [-0.2, -0.15) is 0 Å². The van der Waals surface area contributed by atoms with Crippen molar-refractivity contribution in [2.24, 2.45) is 4.99 Å². The van der Waals surface area contributed by atoms with Crippen LogP contribution in [0.15, 0.2) is 88.0 Å². The molecule has 0 radical (unpaired) electrons. The summed E-state index contributed by atoms with van der Waals surface area (Å²) in [4.78, 5) is 16.7. The van der Waals surface area contributed by atoms with Gasteiger partial charge in [-0.15, -0.1) is 0 Å². The van der Waals surface area contributed by atoms with Crippen LogP contribution in [-0.4, -0.2) is 25.1 Å². The van der Waals surface area contributed by atoms with E-state index in [0.717, 1.165) is 26.9 Å². The van der Waals surface area contributed by atoms with Gasteiger partial charge in [0.25, 0.3) is 0 Å². The molecular weight excluding hydrogens is 458 g/mol. The van der Waals surface area contributed by atoms with E-state index >= 15 is 0 Å². The van der Waals surface area contributed by atoms with E-state index in [0.29, 0.717) is 24.9 Å². The van der Waals surface area contributed by atoms with E-state index in [9.17, 15) is 4.79 Å². The normalized spacial score (nSPS) is 14.3. The van der Waals surface area contributed by atoms with Gasteiger partial charge >= 0.3 is 5.97 Å². The maximum Gasteiger partial charge on any atom is 0.363 e. The standard InChI is InChI=1S/C25H20BrNO4/c1-17-6-5-9-21(14-17)29-12-13-30-23-11-10-20(26)15-19(23)16-22-25(28)31-24(27-22)18-7-3-2-4-8-18/h2-11,14-16H,12-13H2,1H3/b22-16+. The lowest BCUT2D eigenvalue weighted by molar-refractivity contribution is -0.129. The number of hydrogen-bond donors (Lipinski definition) is 0. The summed E-state index contributed by atoms with van der Waals surface area (Å²) in [5, 5.41) is 0. The fourth-order valence-corrected chi connectivity index (χ4v) is 3.42. The van der Waals surface area contributed by atoms with Crippen molar-refractivity contribution in [2.75, 3.05) is 13.2 Å². The molecule has 0 aromatic heterocycles. The summed E-state index contributed by atoms with van der Waals surface area (Å²) in [7, 11) is 0. The molecule has 31 heavy (non-hydrogen) atoms. The molecular formula is C25H20BrNO4. The summed E-state index contributed by atoms with van der Waals surface area (Å²) < 4.78 is 17.8. The monoisotopic (exact) mass is 477 g/mol. The molecule has 0 fully saturated rings. The average molecular weight is 478 g/mol. The second-order valence-corrected chi connectivity index (χ2v) is 7.81.